The molecule has 0 bridgehead atoms. The molecule has 1 aliphatic heterocycles. The number of carboxylic acid groups (broad SMARTS) is 1. The van der Waals surface area contributed by atoms with Gasteiger partial charge < -0.3 is 10.0 Å². The highest BCUT2D eigenvalue weighted by molar-refractivity contribution is 5.86. The number of unbranched alkanes of at least 4 members (excludes halogenated alkanes) is 1. The molecule has 130 valence electrons. The van der Waals surface area contributed by atoms with E-state index in [9.17, 15) is 9.59 Å². The van der Waals surface area contributed by atoms with Gasteiger partial charge in [0, 0.05) is 6.42 Å². The fraction of sp³-hybridized carbons (Fsp3) is 0.238. The molecule has 0 unspecified atom stereocenters. The van der Waals surface area contributed by atoms with Crippen LogP contribution in [0.25, 0.3) is 12.2 Å². The minimum Gasteiger partial charge on any atom is -0.481 e. The monoisotopic (exact) mass is 337 g/mol. The van der Waals surface area contributed by atoms with E-state index < -0.39 is 5.97 Å². The molecule has 1 amide bonds. The molecule has 3 rings (SSSR count). The highest BCUT2D eigenvalue weighted by atomic mass is 16.4. The van der Waals surface area contributed by atoms with E-state index in [1.807, 2.05) is 43.3 Å². The minimum atomic E-state index is -0.693. The fourth-order valence-electron chi connectivity index (χ4n) is 2.60. The topological polar surface area (TPSA) is 57.6 Å². The maximum Gasteiger partial charge on any atom is 0.303 e. The number of amides is 1. The molecule has 0 saturated carbocycles. The molecule has 2 aromatic rings. The molecule has 0 fully saturated rings. The zero-order valence-corrected chi connectivity index (χ0v) is 14.4. The summed E-state index contributed by atoms with van der Waals surface area (Å²) in [6.07, 6.45) is 7.15. The van der Waals surface area contributed by atoms with E-state index in [0.717, 1.165) is 36.1 Å². The Morgan fingerprint density at radius 2 is 1.72 bits per heavy atom. The molecule has 0 aliphatic carbocycles. The molecule has 1 N–H and O–H groups in total. The largest absolute Gasteiger partial charge is 0.481 e. The van der Waals surface area contributed by atoms with Crippen molar-refractivity contribution in [2.24, 2.45) is 0 Å². The molecule has 1 aliphatic rings. The number of anilines is 1. The van der Waals surface area contributed by atoms with Crippen LogP contribution in [0.15, 0.2) is 48.5 Å². The van der Waals surface area contributed by atoms with Crippen LogP contribution in [0.2, 0.25) is 0 Å². The number of rotatable bonds is 4. The number of hydrogen-bond donors (Lipinski definition) is 1. The number of carboxylic acids is 1. The lowest BCUT2D eigenvalue weighted by molar-refractivity contribution is -0.137. The van der Waals surface area contributed by atoms with Crippen LogP contribution in [0.1, 0.15) is 42.9 Å². The van der Waals surface area contributed by atoms with Crippen LogP contribution < -0.4 is 4.90 Å². The van der Waals surface area contributed by atoms with Crippen LogP contribution in [0.3, 0.4) is 0 Å². The average Bonchev–Trinajstić information content (AvgIpc) is 2.62. The second-order valence-corrected chi connectivity index (χ2v) is 5.82. The van der Waals surface area contributed by atoms with Crippen molar-refractivity contribution < 1.29 is 14.7 Å². The predicted octanol–water partition coefficient (Wildman–Crippen LogP) is 4.59. The second kappa shape index (κ2) is 9.42. The van der Waals surface area contributed by atoms with E-state index in [4.69, 9.17) is 5.11 Å². The first-order valence-electron chi connectivity index (χ1n) is 8.44. The third kappa shape index (κ3) is 5.31. The number of carbonyl (C=O) groups is 2. The summed E-state index contributed by atoms with van der Waals surface area (Å²) in [5.74, 6) is -0.693. The molecule has 25 heavy (non-hydrogen) atoms. The zero-order valence-electron chi connectivity index (χ0n) is 14.4. The molecule has 0 saturated heterocycles. The Bertz CT molecular complexity index is 752. The molecular formula is C21H23NO3. The van der Waals surface area contributed by atoms with Crippen LogP contribution in [-0.4, -0.2) is 17.5 Å². The Morgan fingerprint density at radius 3 is 2.36 bits per heavy atom. The van der Waals surface area contributed by atoms with Gasteiger partial charge in [0.25, 0.3) is 0 Å². The summed E-state index contributed by atoms with van der Waals surface area (Å²) >= 11 is 0. The molecule has 4 nitrogen and oxygen atoms in total. The molecular weight excluding hydrogens is 314 g/mol. The van der Waals surface area contributed by atoms with Gasteiger partial charge in [0.15, 0.2) is 0 Å². The normalized spacial score (nSPS) is 13.2. The van der Waals surface area contributed by atoms with Crippen molar-refractivity contribution in [3.05, 3.63) is 65.2 Å². The number of hydrogen-bond acceptors (Lipinski definition) is 2. The standard InChI is InChI=1S/C16H13NO.C5H10O2/c18-12-17-11-15-7-2-1-5-13(15)9-10-14-6-3-4-8-16(14)17;1-2-3-4-5(6)7/h1-10,12H,11H2;2-4H2,1H3,(H,6,7)/b10-9-;. The summed E-state index contributed by atoms with van der Waals surface area (Å²) in [5, 5.41) is 8.04. The van der Waals surface area contributed by atoms with Gasteiger partial charge in [-0.3, -0.25) is 9.59 Å². The van der Waals surface area contributed by atoms with Crippen molar-refractivity contribution in [3.63, 3.8) is 0 Å². The number of fused-ring (bicyclic) bond motifs is 2. The van der Waals surface area contributed by atoms with Crippen molar-refractivity contribution in [2.75, 3.05) is 4.90 Å². The SMILES string of the molecule is CCCCC(=O)O.O=CN1Cc2ccccc2/C=C\c2ccccc21. The van der Waals surface area contributed by atoms with E-state index in [2.05, 4.69) is 24.3 Å². The smallest absolute Gasteiger partial charge is 0.303 e. The predicted molar refractivity (Wildman–Crippen MR) is 101 cm³/mol. The maximum atomic E-state index is 11.3. The third-order valence-corrected chi connectivity index (χ3v) is 3.96. The lowest BCUT2D eigenvalue weighted by Gasteiger charge is -2.22. The first kappa shape index (κ1) is 18.5. The van der Waals surface area contributed by atoms with Gasteiger partial charge >= 0.3 is 5.97 Å². The van der Waals surface area contributed by atoms with E-state index in [1.54, 1.807) is 4.90 Å². The Labute approximate surface area is 148 Å². The molecule has 1 heterocycles. The quantitative estimate of drug-likeness (QED) is 0.830. The van der Waals surface area contributed by atoms with Crippen LogP contribution >= 0.6 is 0 Å². The van der Waals surface area contributed by atoms with E-state index in [0.29, 0.717) is 13.0 Å². The highest BCUT2D eigenvalue weighted by Gasteiger charge is 2.13. The Hall–Kier alpha value is -2.88. The zero-order chi connectivity index (χ0) is 18.1. The van der Waals surface area contributed by atoms with Gasteiger partial charge in [-0.05, 0) is 29.2 Å². The number of benzene rings is 2. The highest BCUT2D eigenvalue weighted by Crippen LogP contribution is 2.27. The molecule has 0 atom stereocenters. The van der Waals surface area contributed by atoms with Crippen LogP contribution in [0.5, 0.6) is 0 Å². The average molecular weight is 337 g/mol. The van der Waals surface area contributed by atoms with Crippen LogP contribution in [0.4, 0.5) is 5.69 Å². The van der Waals surface area contributed by atoms with Gasteiger partial charge in [-0.2, -0.15) is 0 Å². The summed E-state index contributed by atoms with van der Waals surface area (Å²) in [5.41, 5.74) is 4.35. The Kier molecular flexibility index (Phi) is 6.96. The molecule has 0 spiro atoms. The van der Waals surface area contributed by atoms with Gasteiger partial charge in [-0.1, -0.05) is 68.0 Å². The summed E-state index contributed by atoms with van der Waals surface area (Å²) in [4.78, 5) is 22.8. The van der Waals surface area contributed by atoms with Crippen molar-refractivity contribution >= 4 is 30.2 Å². The van der Waals surface area contributed by atoms with Gasteiger partial charge in [0.2, 0.25) is 6.41 Å². The fourth-order valence-corrected chi connectivity index (χ4v) is 2.60. The van der Waals surface area contributed by atoms with Crippen molar-refractivity contribution in [3.8, 4) is 0 Å². The molecule has 2 aromatic carbocycles. The lowest BCUT2D eigenvalue weighted by Crippen LogP contribution is -2.22. The Balaban J connectivity index is 0.000000277. The molecule has 4 heteroatoms. The summed E-state index contributed by atoms with van der Waals surface area (Å²) in [6.45, 7) is 2.59. The van der Waals surface area contributed by atoms with Gasteiger partial charge in [-0.15, -0.1) is 0 Å². The first-order valence-corrected chi connectivity index (χ1v) is 8.44. The van der Waals surface area contributed by atoms with Crippen LogP contribution in [-0.2, 0) is 16.1 Å². The van der Waals surface area contributed by atoms with E-state index in [1.165, 1.54) is 5.56 Å². The number of para-hydroxylation sites is 1. The maximum absolute atomic E-state index is 11.3. The summed E-state index contributed by atoms with van der Waals surface area (Å²) in [7, 11) is 0. The number of carbonyl (C=O) groups excluding carboxylic acids is 1. The lowest BCUT2D eigenvalue weighted by atomic mass is 10.0. The molecule has 0 radical (unpaired) electrons. The molecule has 0 aromatic heterocycles. The number of aliphatic carboxylic acids is 1. The van der Waals surface area contributed by atoms with Crippen molar-refractivity contribution in [1.82, 2.24) is 0 Å². The van der Waals surface area contributed by atoms with Gasteiger partial charge in [0.05, 0.1) is 12.2 Å². The van der Waals surface area contributed by atoms with Crippen molar-refractivity contribution in [1.29, 1.82) is 0 Å². The van der Waals surface area contributed by atoms with Crippen LogP contribution in [0, 0.1) is 0 Å². The van der Waals surface area contributed by atoms with Gasteiger partial charge in [0.1, 0.15) is 0 Å². The first-order chi connectivity index (χ1) is 12.2. The van der Waals surface area contributed by atoms with E-state index in [-0.39, 0.29) is 0 Å². The Morgan fingerprint density at radius 1 is 1.08 bits per heavy atom. The number of nitrogens with zero attached hydrogens (tertiary/aromatic N) is 1. The van der Waals surface area contributed by atoms with Crippen molar-refractivity contribution in [2.45, 2.75) is 32.7 Å². The summed E-state index contributed by atoms with van der Waals surface area (Å²) < 4.78 is 0. The minimum absolute atomic E-state index is 0.316. The van der Waals surface area contributed by atoms with E-state index >= 15 is 0 Å². The third-order valence-electron chi connectivity index (χ3n) is 3.96. The second-order valence-electron chi connectivity index (χ2n) is 5.82. The van der Waals surface area contributed by atoms with Gasteiger partial charge in [-0.25, -0.2) is 0 Å². The summed E-state index contributed by atoms with van der Waals surface area (Å²) in [6, 6.07) is 16.1.